The molecule has 0 aliphatic carbocycles. The molecule has 4 heteroatoms. The molecule has 2 heterocycles. The summed E-state index contributed by atoms with van der Waals surface area (Å²) in [5, 5.41) is 0.702. The van der Waals surface area contributed by atoms with Crippen molar-refractivity contribution < 1.29 is 4.74 Å². The lowest BCUT2D eigenvalue weighted by Gasteiger charge is -2.28. The van der Waals surface area contributed by atoms with Crippen LogP contribution in [0.3, 0.4) is 0 Å². The molecule has 2 aliphatic rings. The molecule has 0 bridgehead atoms. The lowest BCUT2D eigenvalue weighted by atomic mass is 9.87. The van der Waals surface area contributed by atoms with E-state index in [0.29, 0.717) is 24.7 Å². The second-order valence-electron chi connectivity index (χ2n) is 5.40. The van der Waals surface area contributed by atoms with Gasteiger partial charge in [0.1, 0.15) is 12.4 Å². The molecule has 3 nitrogen and oxygen atoms in total. The van der Waals surface area contributed by atoms with Crippen LogP contribution in [0, 0.1) is 5.92 Å². The quantitative estimate of drug-likeness (QED) is 0.791. The van der Waals surface area contributed by atoms with E-state index in [1.807, 2.05) is 36.4 Å². The summed E-state index contributed by atoms with van der Waals surface area (Å²) < 4.78 is 5.93. The maximum atomic E-state index is 6.16. The van der Waals surface area contributed by atoms with Gasteiger partial charge in [-0.3, -0.25) is 9.98 Å². The molecule has 4 rings (SSSR count). The second-order valence-corrected chi connectivity index (χ2v) is 5.84. The van der Waals surface area contributed by atoms with Crippen molar-refractivity contribution in [3.8, 4) is 5.75 Å². The zero-order chi connectivity index (χ0) is 14.9. The molecule has 2 aliphatic heterocycles. The fourth-order valence-corrected chi connectivity index (χ4v) is 3.20. The van der Waals surface area contributed by atoms with Crippen LogP contribution in [-0.2, 0) is 0 Å². The number of fused-ring (bicyclic) bond motifs is 3. The highest BCUT2D eigenvalue weighted by atomic mass is 35.5. The van der Waals surface area contributed by atoms with E-state index in [-0.39, 0.29) is 5.92 Å². The fourth-order valence-electron chi connectivity index (χ4n) is 3.02. The van der Waals surface area contributed by atoms with Crippen LogP contribution in [0.25, 0.3) is 0 Å². The van der Waals surface area contributed by atoms with Gasteiger partial charge in [-0.05, 0) is 23.8 Å². The number of rotatable bonds is 1. The van der Waals surface area contributed by atoms with Crippen molar-refractivity contribution in [3.63, 3.8) is 0 Å². The molecular weight excluding hydrogens is 296 g/mol. The standard InChI is InChI=1S/C18H15ClN2O/c19-13-6-7-16-14(10-13)18-15(11-22-16)17(20-8-9-21-18)12-4-2-1-3-5-12/h1-7,10,15H,8-9,11H2. The van der Waals surface area contributed by atoms with E-state index >= 15 is 0 Å². The Morgan fingerprint density at radius 1 is 0.955 bits per heavy atom. The van der Waals surface area contributed by atoms with Crippen LogP contribution in [-0.4, -0.2) is 31.1 Å². The minimum Gasteiger partial charge on any atom is -0.492 e. The van der Waals surface area contributed by atoms with Crippen LogP contribution < -0.4 is 4.74 Å². The van der Waals surface area contributed by atoms with Gasteiger partial charge in [-0.1, -0.05) is 41.9 Å². The SMILES string of the molecule is Clc1ccc2c(c1)C1=NCCN=C(c3ccccc3)C1CO2. The summed E-state index contributed by atoms with van der Waals surface area (Å²) >= 11 is 6.16. The highest BCUT2D eigenvalue weighted by Crippen LogP contribution is 2.32. The van der Waals surface area contributed by atoms with Crippen molar-refractivity contribution in [3.05, 3.63) is 64.7 Å². The second kappa shape index (κ2) is 5.58. The number of ether oxygens (including phenoxy) is 1. The van der Waals surface area contributed by atoms with Gasteiger partial charge in [-0.2, -0.15) is 0 Å². The van der Waals surface area contributed by atoms with Crippen molar-refractivity contribution in [2.45, 2.75) is 0 Å². The first-order valence-corrected chi connectivity index (χ1v) is 7.77. The van der Waals surface area contributed by atoms with Gasteiger partial charge in [0.05, 0.1) is 30.4 Å². The number of nitrogens with zero attached hydrogens (tertiary/aromatic N) is 2. The third-order valence-electron chi connectivity index (χ3n) is 4.02. The van der Waals surface area contributed by atoms with Crippen LogP contribution >= 0.6 is 11.6 Å². The zero-order valence-corrected chi connectivity index (χ0v) is 12.8. The van der Waals surface area contributed by atoms with Crippen molar-refractivity contribution in [1.29, 1.82) is 0 Å². The van der Waals surface area contributed by atoms with Crippen molar-refractivity contribution in [1.82, 2.24) is 0 Å². The number of hydrogen-bond donors (Lipinski definition) is 0. The molecule has 0 N–H and O–H groups in total. The minimum absolute atomic E-state index is 0.0656. The minimum atomic E-state index is 0.0656. The highest BCUT2D eigenvalue weighted by molar-refractivity contribution is 6.31. The molecule has 110 valence electrons. The van der Waals surface area contributed by atoms with E-state index in [0.717, 1.165) is 28.3 Å². The van der Waals surface area contributed by atoms with E-state index in [9.17, 15) is 0 Å². The first-order chi connectivity index (χ1) is 10.8. The van der Waals surface area contributed by atoms with Gasteiger partial charge in [0, 0.05) is 10.6 Å². The van der Waals surface area contributed by atoms with E-state index in [4.69, 9.17) is 26.3 Å². The maximum absolute atomic E-state index is 6.16. The molecule has 0 saturated carbocycles. The van der Waals surface area contributed by atoms with Gasteiger partial charge >= 0.3 is 0 Å². The predicted octanol–water partition coefficient (Wildman–Crippen LogP) is 3.64. The van der Waals surface area contributed by atoms with Gasteiger partial charge in [0.15, 0.2) is 0 Å². The number of halogens is 1. The topological polar surface area (TPSA) is 34.0 Å². The van der Waals surface area contributed by atoms with Crippen molar-refractivity contribution in [2.75, 3.05) is 19.7 Å². The average molecular weight is 311 g/mol. The normalized spacial score (nSPS) is 20.0. The number of benzene rings is 2. The molecule has 1 unspecified atom stereocenters. The van der Waals surface area contributed by atoms with Crippen LogP contribution in [0.1, 0.15) is 11.1 Å². The molecule has 0 fully saturated rings. The van der Waals surface area contributed by atoms with Crippen LogP contribution in [0.5, 0.6) is 5.75 Å². The summed E-state index contributed by atoms with van der Waals surface area (Å²) in [6.45, 7) is 1.98. The van der Waals surface area contributed by atoms with Gasteiger partial charge in [-0.25, -0.2) is 0 Å². The van der Waals surface area contributed by atoms with E-state index in [1.165, 1.54) is 0 Å². The summed E-state index contributed by atoms with van der Waals surface area (Å²) in [5.41, 5.74) is 4.23. The monoisotopic (exact) mass is 310 g/mol. The number of aliphatic imine (C=N–C) groups is 2. The van der Waals surface area contributed by atoms with Gasteiger partial charge in [0.25, 0.3) is 0 Å². The number of hydrogen-bond acceptors (Lipinski definition) is 3. The summed E-state index contributed by atoms with van der Waals surface area (Å²) in [5.74, 6) is 0.921. The molecule has 0 saturated heterocycles. The molecular formula is C18H15ClN2O. The van der Waals surface area contributed by atoms with Crippen LogP contribution in [0.4, 0.5) is 0 Å². The highest BCUT2D eigenvalue weighted by Gasteiger charge is 2.32. The molecule has 0 amide bonds. The predicted molar refractivity (Wildman–Crippen MR) is 89.7 cm³/mol. The molecule has 0 radical (unpaired) electrons. The van der Waals surface area contributed by atoms with Gasteiger partial charge < -0.3 is 4.74 Å². The van der Waals surface area contributed by atoms with Gasteiger partial charge in [0.2, 0.25) is 0 Å². The summed E-state index contributed by atoms with van der Waals surface area (Å²) in [7, 11) is 0. The lowest BCUT2D eigenvalue weighted by Crippen LogP contribution is -2.34. The first-order valence-electron chi connectivity index (χ1n) is 7.40. The van der Waals surface area contributed by atoms with E-state index in [2.05, 4.69) is 12.1 Å². The zero-order valence-electron chi connectivity index (χ0n) is 12.0. The Morgan fingerprint density at radius 3 is 2.55 bits per heavy atom. The van der Waals surface area contributed by atoms with Gasteiger partial charge in [-0.15, -0.1) is 0 Å². The third kappa shape index (κ3) is 2.32. The summed E-state index contributed by atoms with van der Waals surface area (Å²) in [4.78, 5) is 9.53. The Labute approximate surface area is 134 Å². The lowest BCUT2D eigenvalue weighted by molar-refractivity contribution is 0.300. The van der Waals surface area contributed by atoms with E-state index in [1.54, 1.807) is 0 Å². The molecule has 0 spiro atoms. The Morgan fingerprint density at radius 2 is 1.73 bits per heavy atom. The van der Waals surface area contributed by atoms with Crippen LogP contribution in [0.15, 0.2) is 58.5 Å². The van der Waals surface area contributed by atoms with Crippen LogP contribution in [0.2, 0.25) is 5.02 Å². The molecule has 1 atom stereocenters. The first kappa shape index (κ1) is 13.5. The van der Waals surface area contributed by atoms with Crippen molar-refractivity contribution in [2.24, 2.45) is 15.9 Å². The average Bonchev–Trinajstić information content (AvgIpc) is 2.78. The Bertz CT molecular complexity index is 768. The summed E-state index contributed by atoms with van der Waals surface area (Å²) in [6, 6.07) is 16.0. The Hall–Kier alpha value is -2.13. The fraction of sp³-hybridized carbons (Fsp3) is 0.222. The Kier molecular flexibility index (Phi) is 3.43. The van der Waals surface area contributed by atoms with E-state index < -0.39 is 0 Å². The smallest absolute Gasteiger partial charge is 0.128 e. The molecule has 22 heavy (non-hydrogen) atoms. The summed E-state index contributed by atoms with van der Waals surface area (Å²) in [6.07, 6.45) is 0. The largest absolute Gasteiger partial charge is 0.492 e. The molecule has 2 aromatic rings. The van der Waals surface area contributed by atoms with Crippen molar-refractivity contribution >= 4 is 23.0 Å². The molecule has 0 aromatic heterocycles. The maximum Gasteiger partial charge on any atom is 0.128 e. The third-order valence-corrected chi connectivity index (χ3v) is 4.25. The molecule has 2 aromatic carbocycles. The Balaban J connectivity index is 1.82.